The van der Waals surface area contributed by atoms with E-state index in [1.165, 1.54) is 36.5 Å². The van der Waals surface area contributed by atoms with Crippen LogP contribution in [0, 0.1) is 11.8 Å². The van der Waals surface area contributed by atoms with Crippen LogP contribution in [0.15, 0.2) is 5.10 Å². The fourth-order valence-electron chi connectivity index (χ4n) is 1.68. The van der Waals surface area contributed by atoms with Crippen LogP contribution in [-0.2, 0) is 0 Å². The maximum absolute atomic E-state index is 4.45. The topological polar surface area (TPSA) is 24.4 Å². The SMILES string of the molecule is CC1CC1CNN=C1CCSCC1. The number of thioether (sulfide) groups is 1. The van der Waals surface area contributed by atoms with Crippen LogP contribution in [0.1, 0.15) is 26.2 Å². The summed E-state index contributed by atoms with van der Waals surface area (Å²) < 4.78 is 0. The number of hydrogen-bond acceptors (Lipinski definition) is 3. The van der Waals surface area contributed by atoms with Crippen molar-refractivity contribution in [3.63, 3.8) is 0 Å². The molecule has 1 heterocycles. The highest BCUT2D eigenvalue weighted by Gasteiger charge is 2.31. The third-order valence-corrected chi connectivity index (χ3v) is 3.92. The van der Waals surface area contributed by atoms with Crippen molar-refractivity contribution in [1.82, 2.24) is 5.43 Å². The zero-order valence-electron chi connectivity index (χ0n) is 8.25. The highest BCUT2D eigenvalue weighted by molar-refractivity contribution is 7.99. The summed E-state index contributed by atoms with van der Waals surface area (Å²) >= 11 is 2.04. The first-order chi connectivity index (χ1) is 6.36. The Kier molecular flexibility index (Phi) is 3.14. The van der Waals surface area contributed by atoms with Crippen LogP contribution in [0.3, 0.4) is 0 Å². The molecule has 0 aromatic rings. The molecule has 0 bridgehead atoms. The van der Waals surface area contributed by atoms with E-state index in [-0.39, 0.29) is 0 Å². The van der Waals surface area contributed by atoms with Crippen LogP contribution in [0.25, 0.3) is 0 Å². The maximum atomic E-state index is 4.45. The Balaban J connectivity index is 1.64. The molecule has 1 saturated carbocycles. The summed E-state index contributed by atoms with van der Waals surface area (Å²) in [4.78, 5) is 0. The van der Waals surface area contributed by atoms with Gasteiger partial charge in [-0.2, -0.15) is 16.9 Å². The highest BCUT2D eigenvalue weighted by Crippen LogP contribution is 2.36. The minimum atomic E-state index is 0.905. The molecule has 1 aliphatic carbocycles. The predicted octanol–water partition coefficient (Wildman–Crippen LogP) is 2.12. The van der Waals surface area contributed by atoms with Crippen molar-refractivity contribution in [2.75, 3.05) is 18.1 Å². The van der Waals surface area contributed by atoms with Gasteiger partial charge in [-0.1, -0.05) is 6.92 Å². The Hall–Kier alpha value is -0.180. The van der Waals surface area contributed by atoms with Crippen molar-refractivity contribution in [1.29, 1.82) is 0 Å². The predicted molar refractivity (Wildman–Crippen MR) is 59.3 cm³/mol. The second kappa shape index (κ2) is 4.36. The number of nitrogens with one attached hydrogen (secondary N) is 1. The lowest BCUT2D eigenvalue weighted by atomic mass is 10.2. The van der Waals surface area contributed by atoms with Crippen LogP contribution in [-0.4, -0.2) is 23.8 Å². The second-order valence-corrected chi connectivity index (χ2v) is 5.35. The van der Waals surface area contributed by atoms with E-state index < -0.39 is 0 Å². The van der Waals surface area contributed by atoms with Crippen molar-refractivity contribution < 1.29 is 0 Å². The smallest absolute Gasteiger partial charge is 0.0394 e. The molecule has 2 rings (SSSR count). The molecule has 1 aliphatic heterocycles. The van der Waals surface area contributed by atoms with Gasteiger partial charge in [-0.3, -0.25) is 0 Å². The molecule has 0 radical (unpaired) electrons. The van der Waals surface area contributed by atoms with E-state index in [4.69, 9.17) is 0 Å². The molecular formula is C10H18N2S. The first-order valence-electron chi connectivity index (χ1n) is 5.22. The molecule has 74 valence electrons. The van der Waals surface area contributed by atoms with Crippen LogP contribution in [0.5, 0.6) is 0 Å². The average Bonchev–Trinajstić information content (AvgIpc) is 2.84. The van der Waals surface area contributed by atoms with Crippen LogP contribution in [0.4, 0.5) is 0 Å². The summed E-state index contributed by atoms with van der Waals surface area (Å²) in [6.45, 7) is 3.41. The third-order valence-electron chi connectivity index (χ3n) is 2.94. The van der Waals surface area contributed by atoms with Gasteiger partial charge in [-0.05, 0) is 42.6 Å². The monoisotopic (exact) mass is 198 g/mol. The number of rotatable bonds is 3. The molecule has 3 heteroatoms. The Morgan fingerprint density at radius 2 is 2.15 bits per heavy atom. The standard InChI is InChI=1S/C10H18N2S/c1-8-6-9(8)7-11-12-10-2-4-13-5-3-10/h8-9,11H,2-7H2,1H3. The van der Waals surface area contributed by atoms with Crippen molar-refractivity contribution >= 4 is 17.5 Å². The van der Waals surface area contributed by atoms with Gasteiger partial charge in [-0.25, -0.2) is 0 Å². The molecule has 2 fully saturated rings. The van der Waals surface area contributed by atoms with E-state index in [1.807, 2.05) is 11.8 Å². The highest BCUT2D eigenvalue weighted by atomic mass is 32.2. The van der Waals surface area contributed by atoms with E-state index >= 15 is 0 Å². The average molecular weight is 198 g/mol. The molecule has 2 nitrogen and oxygen atoms in total. The van der Waals surface area contributed by atoms with Crippen molar-refractivity contribution in [2.45, 2.75) is 26.2 Å². The molecule has 2 atom stereocenters. The van der Waals surface area contributed by atoms with Gasteiger partial charge in [0.25, 0.3) is 0 Å². The minimum Gasteiger partial charge on any atom is -0.310 e. The van der Waals surface area contributed by atoms with Crippen LogP contribution < -0.4 is 5.43 Å². The lowest BCUT2D eigenvalue weighted by Gasteiger charge is -2.12. The van der Waals surface area contributed by atoms with E-state index in [1.54, 1.807) is 0 Å². The van der Waals surface area contributed by atoms with Crippen LogP contribution in [0.2, 0.25) is 0 Å². The fourth-order valence-corrected chi connectivity index (χ4v) is 2.64. The summed E-state index contributed by atoms with van der Waals surface area (Å²) in [5.41, 5.74) is 4.61. The minimum absolute atomic E-state index is 0.905. The maximum Gasteiger partial charge on any atom is 0.0394 e. The summed E-state index contributed by atoms with van der Waals surface area (Å²) in [6.07, 6.45) is 3.78. The Morgan fingerprint density at radius 1 is 1.46 bits per heavy atom. The van der Waals surface area contributed by atoms with Gasteiger partial charge >= 0.3 is 0 Å². The van der Waals surface area contributed by atoms with E-state index in [2.05, 4.69) is 17.5 Å². The molecule has 1 N–H and O–H groups in total. The van der Waals surface area contributed by atoms with Gasteiger partial charge in [0.15, 0.2) is 0 Å². The number of hydrazone groups is 1. The van der Waals surface area contributed by atoms with Gasteiger partial charge in [0.2, 0.25) is 0 Å². The number of nitrogens with zero attached hydrogens (tertiary/aromatic N) is 1. The summed E-state index contributed by atoms with van der Waals surface area (Å²) in [6, 6.07) is 0. The Bertz CT molecular complexity index is 195. The Morgan fingerprint density at radius 3 is 2.77 bits per heavy atom. The van der Waals surface area contributed by atoms with Gasteiger partial charge < -0.3 is 5.43 Å². The van der Waals surface area contributed by atoms with Crippen molar-refractivity contribution in [3.05, 3.63) is 0 Å². The lowest BCUT2D eigenvalue weighted by molar-refractivity contribution is 0.635. The van der Waals surface area contributed by atoms with E-state index in [0.29, 0.717) is 0 Å². The first kappa shape index (κ1) is 9.38. The van der Waals surface area contributed by atoms with Gasteiger partial charge in [0, 0.05) is 12.3 Å². The molecule has 0 amide bonds. The summed E-state index contributed by atoms with van der Waals surface area (Å²) in [5.74, 6) is 4.37. The third kappa shape index (κ3) is 2.90. The quantitative estimate of drug-likeness (QED) is 0.702. The molecule has 13 heavy (non-hydrogen) atoms. The summed E-state index contributed by atoms with van der Waals surface area (Å²) in [5, 5.41) is 4.45. The number of hydrogen-bond donors (Lipinski definition) is 1. The molecule has 2 aliphatic rings. The van der Waals surface area contributed by atoms with Gasteiger partial charge in [0.1, 0.15) is 0 Å². The van der Waals surface area contributed by atoms with Gasteiger partial charge in [0.05, 0.1) is 0 Å². The molecule has 0 spiro atoms. The Labute approximate surface area is 84.6 Å². The first-order valence-corrected chi connectivity index (χ1v) is 6.38. The molecule has 2 unspecified atom stereocenters. The zero-order chi connectivity index (χ0) is 9.10. The van der Waals surface area contributed by atoms with Crippen LogP contribution >= 0.6 is 11.8 Å². The molecule has 0 aromatic carbocycles. The largest absolute Gasteiger partial charge is 0.310 e. The fraction of sp³-hybridized carbons (Fsp3) is 0.900. The van der Waals surface area contributed by atoms with Crippen molar-refractivity contribution in [3.8, 4) is 0 Å². The zero-order valence-corrected chi connectivity index (χ0v) is 9.07. The van der Waals surface area contributed by atoms with Gasteiger partial charge in [-0.15, -0.1) is 0 Å². The summed E-state index contributed by atoms with van der Waals surface area (Å²) in [7, 11) is 0. The molecule has 0 aromatic heterocycles. The second-order valence-electron chi connectivity index (χ2n) is 4.13. The lowest BCUT2D eigenvalue weighted by Crippen LogP contribution is -2.17. The normalized spacial score (nSPS) is 32.8. The molecular weight excluding hydrogens is 180 g/mol. The van der Waals surface area contributed by atoms with E-state index in [9.17, 15) is 0 Å². The van der Waals surface area contributed by atoms with E-state index in [0.717, 1.165) is 18.4 Å². The molecule has 1 saturated heterocycles. The van der Waals surface area contributed by atoms with Crippen molar-refractivity contribution in [2.24, 2.45) is 16.9 Å².